The molecule has 1 saturated carbocycles. The number of carboxylic acids is 1. The zero-order valence-electron chi connectivity index (χ0n) is 15.3. The molecule has 5 heteroatoms. The lowest BCUT2D eigenvalue weighted by atomic mass is 9.89. The average Bonchev–Trinajstić information content (AvgIpc) is 2.82. The molecule has 1 fully saturated rings. The Morgan fingerprint density at radius 3 is 2.60 bits per heavy atom. The number of hydrogen-bond acceptors (Lipinski definition) is 4. The first-order chi connectivity index (χ1) is 12.0. The van der Waals surface area contributed by atoms with E-state index in [1.54, 1.807) is 6.08 Å². The van der Waals surface area contributed by atoms with Crippen LogP contribution >= 0.6 is 0 Å². The molecule has 0 spiro atoms. The van der Waals surface area contributed by atoms with Gasteiger partial charge in [-0.25, -0.2) is 0 Å². The summed E-state index contributed by atoms with van der Waals surface area (Å²) in [6.07, 6.45) is 12.3. The van der Waals surface area contributed by atoms with Crippen molar-refractivity contribution < 1.29 is 25.2 Å². The van der Waals surface area contributed by atoms with Crippen LogP contribution in [-0.4, -0.2) is 44.7 Å². The molecule has 25 heavy (non-hydrogen) atoms. The summed E-state index contributed by atoms with van der Waals surface area (Å²) in [6, 6.07) is 0. The van der Waals surface area contributed by atoms with Crippen LogP contribution in [0, 0.1) is 11.8 Å². The molecule has 1 aliphatic carbocycles. The second-order valence-corrected chi connectivity index (χ2v) is 7.05. The van der Waals surface area contributed by atoms with Crippen LogP contribution in [0.3, 0.4) is 0 Å². The van der Waals surface area contributed by atoms with Gasteiger partial charge in [-0.3, -0.25) is 4.79 Å². The molecule has 144 valence electrons. The lowest BCUT2D eigenvalue weighted by Gasteiger charge is -2.19. The van der Waals surface area contributed by atoms with Crippen LogP contribution in [0.4, 0.5) is 0 Å². The molecule has 5 atom stereocenters. The average molecular weight is 354 g/mol. The molecule has 0 aliphatic heterocycles. The van der Waals surface area contributed by atoms with Gasteiger partial charge in [0.15, 0.2) is 0 Å². The van der Waals surface area contributed by atoms with Gasteiger partial charge in [0.25, 0.3) is 0 Å². The van der Waals surface area contributed by atoms with E-state index < -0.39 is 24.3 Å². The van der Waals surface area contributed by atoms with Crippen LogP contribution in [0.25, 0.3) is 0 Å². The van der Waals surface area contributed by atoms with Crippen molar-refractivity contribution in [2.24, 2.45) is 11.8 Å². The van der Waals surface area contributed by atoms with E-state index >= 15 is 0 Å². The highest BCUT2D eigenvalue weighted by atomic mass is 16.4. The van der Waals surface area contributed by atoms with Gasteiger partial charge in [0.2, 0.25) is 0 Å². The molecule has 0 radical (unpaired) electrons. The number of aliphatic carboxylic acids is 1. The van der Waals surface area contributed by atoms with Gasteiger partial charge in [-0.1, -0.05) is 50.5 Å². The molecule has 0 aromatic carbocycles. The summed E-state index contributed by atoms with van der Waals surface area (Å²) in [6.45, 7) is 2.12. The Kier molecular flexibility index (Phi) is 10.7. The fourth-order valence-electron chi connectivity index (χ4n) is 3.41. The second kappa shape index (κ2) is 12.2. The smallest absolute Gasteiger partial charge is 0.303 e. The Hall–Kier alpha value is -1.17. The van der Waals surface area contributed by atoms with E-state index in [1.165, 1.54) is 0 Å². The van der Waals surface area contributed by atoms with Gasteiger partial charge in [-0.05, 0) is 31.6 Å². The van der Waals surface area contributed by atoms with Crippen molar-refractivity contribution in [2.75, 3.05) is 0 Å². The van der Waals surface area contributed by atoms with Crippen molar-refractivity contribution in [3.63, 3.8) is 0 Å². The first-order valence-electron chi connectivity index (χ1n) is 9.55. The minimum atomic E-state index is -0.787. The van der Waals surface area contributed by atoms with E-state index in [4.69, 9.17) is 5.11 Å². The molecule has 0 unspecified atom stereocenters. The summed E-state index contributed by atoms with van der Waals surface area (Å²) >= 11 is 0. The minimum absolute atomic E-state index is 0.0650. The standard InChI is InChI=1S/C20H34O5/c1-2-3-6-9-15(21)12-13-17-16(18(22)14-19(17)23)10-7-4-5-8-11-20(24)25/h4,7,12-13,15-19,21-23H,2-3,5-6,8-11,14H2,1H3,(H,24,25)/t15-,16-,17+,18+,19+/m0/s1. The van der Waals surface area contributed by atoms with Crippen LogP contribution in [0.5, 0.6) is 0 Å². The number of unbranched alkanes of at least 4 members (excludes halogenated alkanes) is 3. The Labute approximate surface area is 151 Å². The number of aliphatic hydroxyl groups excluding tert-OH is 3. The molecular formula is C20H34O5. The quantitative estimate of drug-likeness (QED) is 0.319. The van der Waals surface area contributed by atoms with Gasteiger partial charge >= 0.3 is 5.97 Å². The fraction of sp³-hybridized carbons (Fsp3) is 0.750. The van der Waals surface area contributed by atoms with Crippen LogP contribution in [0.1, 0.15) is 64.7 Å². The fourth-order valence-corrected chi connectivity index (χ4v) is 3.41. The lowest BCUT2D eigenvalue weighted by Crippen LogP contribution is -2.20. The molecule has 0 bridgehead atoms. The number of aliphatic hydroxyl groups is 3. The third-order valence-electron chi connectivity index (χ3n) is 4.91. The Morgan fingerprint density at radius 1 is 1.16 bits per heavy atom. The van der Waals surface area contributed by atoms with Gasteiger partial charge in [0.05, 0.1) is 18.3 Å². The van der Waals surface area contributed by atoms with Crippen molar-refractivity contribution in [2.45, 2.75) is 83.0 Å². The highest BCUT2D eigenvalue weighted by Crippen LogP contribution is 2.36. The van der Waals surface area contributed by atoms with E-state index in [9.17, 15) is 20.1 Å². The van der Waals surface area contributed by atoms with Crippen molar-refractivity contribution in [1.29, 1.82) is 0 Å². The normalized spacial score (nSPS) is 28.2. The third kappa shape index (κ3) is 8.66. The Bertz CT molecular complexity index is 432. The predicted octanol–water partition coefficient (Wildman–Crippen LogP) is 3.04. The molecule has 0 amide bonds. The molecule has 4 N–H and O–H groups in total. The third-order valence-corrected chi connectivity index (χ3v) is 4.91. The van der Waals surface area contributed by atoms with Crippen molar-refractivity contribution in [1.82, 2.24) is 0 Å². The summed E-state index contributed by atoms with van der Waals surface area (Å²) in [4.78, 5) is 10.5. The monoisotopic (exact) mass is 354 g/mol. The first kappa shape index (κ1) is 21.9. The van der Waals surface area contributed by atoms with Crippen molar-refractivity contribution in [3.8, 4) is 0 Å². The highest BCUT2D eigenvalue weighted by molar-refractivity contribution is 5.66. The Morgan fingerprint density at radius 2 is 1.92 bits per heavy atom. The van der Waals surface area contributed by atoms with Gasteiger partial charge < -0.3 is 20.4 Å². The summed E-state index contributed by atoms with van der Waals surface area (Å²) in [5, 5.41) is 39.0. The maximum absolute atomic E-state index is 10.5. The maximum atomic E-state index is 10.5. The Balaban J connectivity index is 2.46. The van der Waals surface area contributed by atoms with Crippen LogP contribution in [0.15, 0.2) is 24.3 Å². The van der Waals surface area contributed by atoms with Crippen molar-refractivity contribution in [3.05, 3.63) is 24.3 Å². The van der Waals surface area contributed by atoms with E-state index in [1.807, 2.05) is 18.2 Å². The number of carboxylic acid groups (broad SMARTS) is 1. The molecule has 0 aromatic rings. The van der Waals surface area contributed by atoms with Gasteiger partial charge in [-0.15, -0.1) is 0 Å². The summed E-state index contributed by atoms with van der Waals surface area (Å²) in [5.41, 5.74) is 0. The SMILES string of the molecule is CCCCC[C@H](O)C=C[C@@H]1[C@H](CC=CCCCC(=O)O)[C@H](O)C[C@H]1O. The lowest BCUT2D eigenvalue weighted by molar-refractivity contribution is -0.137. The predicted molar refractivity (Wildman–Crippen MR) is 98.1 cm³/mol. The van der Waals surface area contributed by atoms with Crippen molar-refractivity contribution >= 4 is 5.97 Å². The number of carbonyl (C=O) groups is 1. The van der Waals surface area contributed by atoms with E-state index in [2.05, 4.69) is 6.92 Å². The summed E-state index contributed by atoms with van der Waals surface area (Å²) < 4.78 is 0. The molecule has 0 heterocycles. The van der Waals surface area contributed by atoms with Gasteiger partial charge in [0.1, 0.15) is 0 Å². The van der Waals surface area contributed by atoms with Crippen LogP contribution in [0.2, 0.25) is 0 Å². The molecule has 1 rings (SSSR count). The molecule has 0 aromatic heterocycles. The second-order valence-electron chi connectivity index (χ2n) is 7.05. The minimum Gasteiger partial charge on any atom is -0.481 e. The number of hydrogen-bond donors (Lipinski definition) is 4. The van der Waals surface area contributed by atoms with Crippen LogP contribution < -0.4 is 0 Å². The zero-order valence-corrected chi connectivity index (χ0v) is 15.3. The maximum Gasteiger partial charge on any atom is 0.303 e. The molecule has 1 aliphatic rings. The van der Waals surface area contributed by atoms with Gasteiger partial charge in [-0.2, -0.15) is 0 Å². The van der Waals surface area contributed by atoms with E-state index in [0.29, 0.717) is 25.7 Å². The van der Waals surface area contributed by atoms with E-state index in [-0.39, 0.29) is 18.3 Å². The topological polar surface area (TPSA) is 98.0 Å². The molecule has 5 nitrogen and oxygen atoms in total. The largest absolute Gasteiger partial charge is 0.481 e. The number of rotatable bonds is 12. The first-order valence-corrected chi connectivity index (χ1v) is 9.55. The van der Waals surface area contributed by atoms with Gasteiger partial charge in [0, 0.05) is 18.8 Å². The molecular weight excluding hydrogens is 320 g/mol. The summed E-state index contributed by atoms with van der Waals surface area (Å²) in [7, 11) is 0. The highest BCUT2D eigenvalue weighted by Gasteiger charge is 2.39. The zero-order chi connectivity index (χ0) is 18.7. The van der Waals surface area contributed by atoms with E-state index in [0.717, 1.165) is 25.7 Å². The number of allylic oxidation sites excluding steroid dienone is 2. The van der Waals surface area contributed by atoms with Crippen LogP contribution in [-0.2, 0) is 4.79 Å². The summed E-state index contributed by atoms with van der Waals surface area (Å²) in [5.74, 6) is -1.00. The molecule has 0 saturated heterocycles.